The van der Waals surface area contributed by atoms with Crippen LogP contribution in [0.3, 0.4) is 0 Å². The summed E-state index contributed by atoms with van der Waals surface area (Å²) in [5.74, 6) is 0.687. The molecular weight excluding hydrogens is 320 g/mol. The number of amides is 2. The van der Waals surface area contributed by atoms with Crippen LogP contribution in [0.4, 0.5) is 5.13 Å². The molecule has 0 aliphatic rings. The second-order valence-electron chi connectivity index (χ2n) is 4.76. The minimum Gasteiger partial charge on any atom is -0.458 e. The van der Waals surface area contributed by atoms with E-state index >= 15 is 0 Å². The van der Waals surface area contributed by atoms with Crippen LogP contribution in [0.2, 0.25) is 0 Å². The molecule has 0 aliphatic carbocycles. The van der Waals surface area contributed by atoms with Crippen LogP contribution < -0.4 is 16.4 Å². The first-order chi connectivity index (χ1) is 11.0. The Kier molecular flexibility index (Phi) is 5.85. The van der Waals surface area contributed by atoms with Crippen molar-refractivity contribution in [2.45, 2.75) is 19.5 Å². The van der Waals surface area contributed by atoms with E-state index in [4.69, 9.17) is 14.9 Å². The van der Waals surface area contributed by atoms with Crippen LogP contribution in [0.5, 0.6) is 0 Å². The fraction of sp³-hybridized carbons (Fsp3) is 0.357. The molecule has 1 atom stereocenters. The number of ether oxygens (including phenoxy) is 1. The maximum absolute atomic E-state index is 11.8. The highest BCUT2D eigenvalue weighted by atomic mass is 32.1. The number of methoxy groups -OCH3 is 1. The second kappa shape index (κ2) is 7.86. The number of furan rings is 1. The monoisotopic (exact) mass is 338 g/mol. The number of carbonyl (C=O) groups excluding carboxylic acids is 2. The van der Waals surface area contributed by atoms with Crippen LogP contribution in [-0.4, -0.2) is 36.6 Å². The lowest BCUT2D eigenvalue weighted by molar-refractivity contribution is -0.119. The van der Waals surface area contributed by atoms with Crippen molar-refractivity contribution in [3.05, 3.63) is 23.3 Å². The summed E-state index contributed by atoms with van der Waals surface area (Å²) in [6, 6.07) is 2.77. The molecule has 0 fully saturated rings. The molecule has 2 aromatic heterocycles. The number of aromatic nitrogens is 1. The Morgan fingerprint density at radius 1 is 1.48 bits per heavy atom. The number of carbonyl (C=O) groups is 2. The molecule has 1 unspecified atom stereocenters. The summed E-state index contributed by atoms with van der Waals surface area (Å²) >= 11 is 1.27. The molecule has 2 rings (SSSR count). The Morgan fingerprint density at radius 3 is 2.96 bits per heavy atom. The molecule has 124 valence electrons. The van der Waals surface area contributed by atoms with Gasteiger partial charge >= 0.3 is 0 Å². The summed E-state index contributed by atoms with van der Waals surface area (Å²) in [4.78, 5) is 26.9. The molecular formula is C14H18N4O4S. The van der Waals surface area contributed by atoms with Crippen molar-refractivity contribution < 1.29 is 18.7 Å². The molecule has 0 radical (unpaired) electrons. The maximum Gasteiger partial charge on any atom is 0.245 e. The van der Waals surface area contributed by atoms with Crippen LogP contribution in [0.25, 0.3) is 11.5 Å². The van der Waals surface area contributed by atoms with Crippen molar-refractivity contribution in [3.63, 3.8) is 0 Å². The zero-order chi connectivity index (χ0) is 16.8. The van der Waals surface area contributed by atoms with E-state index in [9.17, 15) is 9.59 Å². The molecule has 0 spiro atoms. The number of rotatable bonds is 7. The quantitative estimate of drug-likeness (QED) is 0.691. The van der Waals surface area contributed by atoms with Crippen molar-refractivity contribution in [1.82, 2.24) is 10.3 Å². The molecule has 0 saturated carbocycles. The van der Waals surface area contributed by atoms with Gasteiger partial charge in [-0.1, -0.05) is 0 Å². The Hall–Kier alpha value is -2.23. The first kappa shape index (κ1) is 17.1. The number of nitrogens with one attached hydrogen (secondary N) is 2. The summed E-state index contributed by atoms with van der Waals surface area (Å²) in [6.07, 6.45) is 0. The van der Waals surface area contributed by atoms with Crippen molar-refractivity contribution in [2.24, 2.45) is 5.73 Å². The van der Waals surface area contributed by atoms with Gasteiger partial charge in [-0.2, -0.15) is 0 Å². The third-order valence-electron chi connectivity index (χ3n) is 2.84. The number of hydrogen-bond acceptors (Lipinski definition) is 7. The largest absolute Gasteiger partial charge is 0.458 e. The maximum atomic E-state index is 11.8. The summed E-state index contributed by atoms with van der Waals surface area (Å²) in [6.45, 7) is 1.89. The van der Waals surface area contributed by atoms with E-state index in [1.54, 1.807) is 17.5 Å². The zero-order valence-electron chi connectivity index (χ0n) is 12.8. The fourth-order valence-electron chi connectivity index (χ4n) is 1.72. The minimum absolute atomic E-state index is 0.131. The summed E-state index contributed by atoms with van der Waals surface area (Å²) < 4.78 is 10.4. The molecule has 0 saturated heterocycles. The number of hydrogen-bond donors (Lipinski definition) is 3. The third-order valence-corrected chi connectivity index (χ3v) is 3.60. The molecule has 0 aliphatic heterocycles. The van der Waals surface area contributed by atoms with Gasteiger partial charge in [-0.15, -0.1) is 11.3 Å². The zero-order valence-corrected chi connectivity index (χ0v) is 13.6. The van der Waals surface area contributed by atoms with Crippen LogP contribution in [0.15, 0.2) is 21.9 Å². The number of nitrogens with zero attached hydrogens (tertiary/aromatic N) is 1. The molecule has 9 heteroatoms. The Balaban J connectivity index is 1.99. The van der Waals surface area contributed by atoms with E-state index in [0.29, 0.717) is 28.9 Å². The van der Waals surface area contributed by atoms with Gasteiger partial charge in [0, 0.05) is 19.4 Å². The van der Waals surface area contributed by atoms with Crippen LogP contribution in [-0.2, 0) is 20.9 Å². The first-order valence-corrected chi connectivity index (χ1v) is 7.72. The Labute approximate surface area is 137 Å². The van der Waals surface area contributed by atoms with Crippen LogP contribution in [0, 0.1) is 0 Å². The van der Waals surface area contributed by atoms with E-state index in [2.05, 4.69) is 15.6 Å². The fourth-order valence-corrected chi connectivity index (χ4v) is 2.42. The average Bonchev–Trinajstić information content (AvgIpc) is 3.14. The highest BCUT2D eigenvalue weighted by Crippen LogP contribution is 2.26. The summed E-state index contributed by atoms with van der Waals surface area (Å²) in [5.41, 5.74) is 6.24. The van der Waals surface area contributed by atoms with Gasteiger partial charge in [-0.25, -0.2) is 4.98 Å². The van der Waals surface area contributed by atoms with E-state index in [-0.39, 0.29) is 18.4 Å². The highest BCUT2D eigenvalue weighted by Gasteiger charge is 2.16. The van der Waals surface area contributed by atoms with Crippen LogP contribution >= 0.6 is 11.3 Å². The topological polar surface area (TPSA) is 119 Å². The number of nitrogens with two attached hydrogens (primary N) is 1. The predicted molar refractivity (Wildman–Crippen MR) is 85.8 cm³/mol. The van der Waals surface area contributed by atoms with E-state index in [1.165, 1.54) is 25.4 Å². The molecule has 2 amide bonds. The minimum atomic E-state index is -0.750. The normalized spacial score (nSPS) is 12.0. The van der Waals surface area contributed by atoms with Gasteiger partial charge in [0.1, 0.15) is 17.5 Å². The van der Waals surface area contributed by atoms with Gasteiger partial charge in [-0.05, 0) is 12.1 Å². The lowest BCUT2D eigenvalue weighted by atomic mass is 10.3. The Morgan fingerprint density at radius 2 is 2.26 bits per heavy atom. The summed E-state index contributed by atoms with van der Waals surface area (Å²) in [7, 11) is 1.48. The molecule has 0 bridgehead atoms. The SMILES string of the molecule is COCC(N)C(=O)Nc1nc(-c2ccc(CNC(C)=O)o2)cs1. The lowest BCUT2D eigenvalue weighted by Crippen LogP contribution is -2.39. The number of anilines is 1. The lowest BCUT2D eigenvalue weighted by Gasteiger charge is -2.08. The predicted octanol–water partition coefficient (Wildman–Crippen LogP) is 0.951. The molecule has 23 heavy (non-hydrogen) atoms. The van der Waals surface area contributed by atoms with E-state index in [0.717, 1.165) is 0 Å². The van der Waals surface area contributed by atoms with Gasteiger partial charge in [0.15, 0.2) is 10.9 Å². The standard InChI is InChI=1S/C14H18N4O4S/c1-8(19)16-5-9-3-4-12(22-9)11-7-23-14(17-11)18-13(20)10(15)6-21-2/h3-4,7,10H,5-6,15H2,1-2H3,(H,16,19)(H,17,18,20). The van der Waals surface area contributed by atoms with Crippen molar-refractivity contribution in [2.75, 3.05) is 19.0 Å². The van der Waals surface area contributed by atoms with Crippen molar-refractivity contribution in [3.8, 4) is 11.5 Å². The van der Waals surface area contributed by atoms with Crippen molar-refractivity contribution >= 4 is 28.3 Å². The van der Waals surface area contributed by atoms with E-state index < -0.39 is 6.04 Å². The van der Waals surface area contributed by atoms with Crippen LogP contribution in [0.1, 0.15) is 12.7 Å². The van der Waals surface area contributed by atoms with Gasteiger partial charge in [-0.3, -0.25) is 9.59 Å². The molecule has 2 heterocycles. The van der Waals surface area contributed by atoms with E-state index in [1.807, 2.05) is 0 Å². The molecule has 2 aromatic rings. The summed E-state index contributed by atoms with van der Waals surface area (Å²) in [5, 5.41) is 7.47. The molecule has 8 nitrogen and oxygen atoms in total. The van der Waals surface area contributed by atoms with Gasteiger partial charge in [0.2, 0.25) is 11.8 Å². The average molecular weight is 338 g/mol. The highest BCUT2D eigenvalue weighted by molar-refractivity contribution is 7.14. The molecule has 4 N–H and O–H groups in total. The van der Waals surface area contributed by atoms with Gasteiger partial charge in [0.05, 0.1) is 13.2 Å². The third kappa shape index (κ3) is 4.88. The van der Waals surface area contributed by atoms with Crippen molar-refractivity contribution in [1.29, 1.82) is 0 Å². The smallest absolute Gasteiger partial charge is 0.245 e. The van der Waals surface area contributed by atoms with Gasteiger partial charge in [0.25, 0.3) is 0 Å². The second-order valence-corrected chi connectivity index (χ2v) is 5.62. The Bertz CT molecular complexity index is 682. The molecule has 0 aromatic carbocycles. The van der Waals surface area contributed by atoms with Gasteiger partial charge < -0.3 is 25.5 Å². The number of thiazole rings is 1. The first-order valence-electron chi connectivity index (χ1n) is 6.84.